The fourth-order valence-corrected chi connectivity index (χ4v) is 4.11. The van der Waals surface area contributed by atoms with Crippen LogP contribution in [0.25, 0.3) is 0 Å². The van der Waals surface area contributed by atoms with Gasteiger partial charge in [-0.2, -0.15) is 18.4 Å². The largest absolute Gasteiger partial charge is 0.405 e. The molecule has 0 saturated heterocycles. The van der Waals surface area contributed by atoms with Crippen LogP contribution in [0.1, 0.15) is 27.9 Å². The molecule has 0 aliphatic heterocycles. The molecule has 2 rings (SSSR count). The highest BCUT2D eigenvalue weighted by molar-refractivity contribution is 9.11. The molecule has 0 saturated carbocycles. The van der Waals surface area contributed by atoms with Crippen LogP contribution in [0, 0.1) is 27.3 Å². The molecule has 0 amide bonds. The van der Waals surface area contributed by atoms with Gasteiger partial charge in [0.25, 0.3) is 0 Å². The number of benzene rings is 2. The number of hydrogen-bond acceptors (Lipinski definition) is 4. The number of alkyl halides is 3. The Morgan fingerprint density at radius 2 is 1.72 bits per heavy atom. The minimum Gasteiger partial charge on any atom is -0.294 e. The molecule has 2 aromatic carbocycles. The molecule has 0 aliphatic rings. The Labute approximate surface area is 178 Å². The van der Waals surface area contributed by atoms with Crippen molar-refractivity contribution in [2.75, 3.05) is 6.54 Å². The van der Waals surface area contributed by atoms with E-state index < -0.39 is 52.2 Å². The summed E-state index contributed by atoms with van der Waals surface area (Å²) in [6.07, 6.45) is -6.45. The highest BCUT2D eigenvalue weighted by atomic mass is 79.9. The maximum atomic E-state index is 14.2. The maximum absolute atomic E-state index is 14.2. The fraction of sp³-hybridized carbons (Fsp3) is 0.222. The van der Waals surface area contributed by atoms with Crippen molar-refractivity contribution in [1.29, 1.82) is 5.26 Å². The molecule has 0 fully saturated rings. The lowest BCUT2D eigenvalue weighted by Gasteiger charge is -2.32. The highest BCUT2D eigenvalue weighted by Gasteiger charge is 2.60. The van der Waals surface area contributed by atoms with E-state index in [1.54, 1.807) is 0 Å². The molecule has 0 bridgehead atoms. The van der Waals surface area contributed by atoms with Crippen LogP contribution < -0.4 is 0 Å². The second-order valence-corrected chi connectivity index (χ2v) is 7.97. The van der Waals surface area contributed by atoms with Crippen LogP contribution in [-0.2, 0) is 5.41 Å². The average Bonchev–Trinajstić information content (AvgIpc) is 2.59. The van der Waals surface area contributed by atoms with E-state index >= 15 is 0 Å². The summed E-state index contributed by atoms with van der Waals surface area (Å²) in [5, 5.41) is 20.0. The number of nitro groups is 1. The summed E-state index contributed by atoms with van der Waals surface area (Å²) < 4.78 is 56.4. The molecule has 11 heteroatoms. The Morgan fingerprint density at radius 1 is 1.14 bits per heavy atom. The molecule has 29 heavy (non-hydrogen) atoms. The van der Waals surface area contributed by atoms with Gasteiger partial charge >= 0.3 is 6.18 Å². The number of ketones is 1. The molecule has 2 aromatic rings. The highest BCUT2D eigenvalue weighted by Crippen LogP contribution is 2.46. The first kappa shape index (κ1) is 23.0. The molecule has 1 unspecified atom stereocenters. The zero-order valence-electron chi connectivity index (χ0n) is 14.3. The number of carbonyl (C=O) groups is 1. The lowest BCUT2D eigenvalue weighted by atomic mass is 9.74. The summed E-state index contributed by atoms with van der Waals surface area (Å²) >= 11 is 6.09. The molecule has 1 atom stereocenters. The van der Waals surface area contributed by atoms with Gasteiger partial charge in [-0.25, -0.2) is 4.39 Å². The number of nitrogens with zero attached hydrogens (tertiary/aromatic N) is 2. The number of rotatable bonds is 6. The second kappa shape index (κ2) is 8.59. The number of nitriles is 1. The summed E-state index contributed by atoms with van der Waals surface area (Å²) in [7, 11) is 0. The van der Waals surface area contributed by atoms with Crippen LogP contribution in [0.5, 0.6) is 0 Å². The second-order valence-electron chi connectivity index (χ2n) is 6.14. The topological polar surface area (TPSA) is 84.0 Å². The predicted octanol–water partition coefficient (Wildman–Crippen LogP) is 5.57. The van der Waals surface area contributed by atoms with Gasteiger partial charge in [-0.3, -0.25) is 14.9 Å². The van der Waals surface area contributed by atoms with Crippen molar-refractivity contribution in [3.8, 4) is 6.07 Å². The summed E-state index contributed by atoms with van der Waals surface area (Å²) in [5.74, 6) is -2.05. The Balaban J connectivity index is 2.65. The van der Waals surface area contributed by atoms with Crippen molar-refractivity contribution >= 4 is 37.6 Å². The summed E-state index contributed by atoms with van der Waals surface area (Å²) in [5.41, 5.74) is -4.50. The summed E-state index contributed by atoms with van der Waals surface area (Å²) in [6.45, 7) is -1.59. The van der Waals surface area contributed by atoms with Gasteiger partial charge in [-0.05, 0) is 42.0 Å². The van der Waals surface area contributed by atoms with E-state index in [1.807, 2.05) is 0 Å². The van der Waals surface area contributed by atoms with Gasteiger partial charge in [-0.1, -0.05) is 31.9 Å². The lowest BCUT2D eigenvalue weighted by molar-refractivity contribution is -0.501. The minimum atomic E-state index is -5.16. The van der Waals surface area contributed by atoms with E-state index in [-0.39, 0.29) is 14.5 Å². The molecule has 152 valence electrons. The van der Waals surface area contributed by atoms with Gasteiger partial charge < -0.3 is 0 Å². The molecule has 0 aliphatic carbocycles. The van der Waals surface area contributed by atoms with Crippen molar-refractivity contribution in [2.24, 2.45) is 0 Å². The molecular weight excluding hydrogens is 528 g/mol. The lowest BCUT2D eigenvalue weighted by Crippen LogP contribution is -2.49. The van der Waals surface area contributed by atoms with Gasteiger partial charge in [-0.15, -0.1) is 0 Å². The van der Waals surface area contributed by atoms with Crippen LogP contribution in [0.15, 0.2) is 45.3 Å². The molecule has 0 heterocycles. The predicted molar refractivity (Wildman–Crippen MR) is 101 cm³/mol. The smallest absolute Gasteiger partial charge is 0.294 e. The Hall–Kier alpha value is -2.32. The summed E-state index contributed by atoms with van der Waals surface area (Å²) in [4.78, 5) is 22.6. The van der Waals surface area contributed by atoms with Crippen LogP contribution in [0.2, 0.25) is 0 Å². The van der Waals surface area contributed by atoms with Crippen molar-refractivity contribution < 1.29 is 27.3 Å². The third-order valence-corrected chi connectivity index (χ3v) is 5.14. The molecular formula is C18H10Br2F4N2O3. The van der Waals surface area contributed by atoms with E-state index in [1.165, 1.54) is 12.1 Å². The van der Waals surface area contributed by atoms with E-state index in [9.17, 15) is 32.5 Å². The first-order chi connectivity index (χ1) is 13.4. The van der Waals surface area contributed by atoms with E-state index in [2.05, 4.69) is 31.9 Å². The van der Waals surface area contributed by atoms with Crippen molar-refractivity contribution in [3.63, 3.8) is 0 Å². The average molecular weight is 538 g/mol. The van der Waals surface area contributed by atoms with E-state index in [4.69, 9.17) is 5.26 Å². The number of carbonyl (C=O) groups excluding carboxylic acids is 1. The number of Topliss-reactive ketones (excluding diaryl/α,β-unsaturated/α-hetero) is 1. The SMILES string of the molecule is N#Cc1cc(C(=O)CC(C[N+](=O)[O-])(c2cc(Br)cc(Br)c2)C(F)(F)F)ccc1F. The quantitative estimate of drug-likeness (QED) is 0.209. The van der Waals surface area contributed by atoms with E-state index in [0.29, 0.717) is 0 Å². The molecule has 5 nitrogen and oxygen atoms in total. The first-order valence-corrected chi connectivity index (χ1v) is 9.36. The van der Waals surface area contributed by atoms with Gasteiger partial charge in [0.1, 0.15) is 11.9 Å². The Bertz CT molecular complexity index is 1000. The maximum Gasteiger partial charge on any atom is 0.405 e. The monoisotopic (exact) mass is 536 g/mol. The van der Waals surface area contributed by atoms with Gasteiger partial charge in [0.15, 0.2) is 11.2 Å². The van der Waals surface area contributed by atoms with E-state index in [0.717, 1.165) is 30.3 Å². The van der Waals surface area contributed by atoms with Crippen LogP contribution in [0.4, 0.5) is 17.6 Å². The van der Waals surface area contributed by atoms with Gasteiger partial charge in [0.2, 0.25) is 6.54 Å². The van der Waals surface area contributed by atoms with Gasteiger partial charge in [0.05, 0.1) is 5.56 Å². The fourth-order valence-electron chi connectivity index (χ4n) is 2.81. The van der Waals surface area contributed by atoms with Crippen LogP contribution >= 0.6 is 31.9 Å². The minimum absolute atomic E-state index is 0.222. The molecule has 0 aromatic heterocycles. The zero-order chi connectivity index (χ0) is 22.0. The first-order valence-electron chi connectivity index (χ1n) is 7.77. The standard InChI is InChI=1S/C18H10Br2F4N2O3/c19-13-4-12(5-14(20)6-13)17(9-26(28)29,18(22,23)24)7-16(27)10-1-2-15(21)11(3-10)8-25/h1-6H,7,9H2. The normalized spacial score (nSPS) is 13.4. The zero-order valence-corrected chi connectivity index (χ0v) is 17.4. The summed E-state index contributed by atoms with van der Waals surface area (Å²) in [6, 6.07) is 7.58. The van der Waals surface area contributed by atoms with Crippen molar-refractivity contribution in [2.45, 2.75) is 18.0 Å². The Morgan fingerprint density at radius 3 is 2.21 bits per heavy atom. The molecule has 0 radical (unpaired) electrons. The third kappa shape index (κ3) is 5.00. The molecule has 0 N–H and O–H groups in total. The Kier molecular flexibility index (Phi) is 6.80. The van der Waals surface area contributed by atoms with Crippen molar-refractivity contribution in [1.82, 2.24) is 0 Å². The van der Waals surface area contributed by atoms with Gasteiger partial charge in [0, 0.05) is 25.9 Å². The number of hydrogen-bond donors (Lipinski definition) is 0. The third-order valence-electron chi connectivity index (χ3n) is 4.23. The van der Waals surface area contributed by atoms with Crippen LogP contribution in [0.3, 0.4) is 0 Å². The van der Waals surface area contributed by atoms with Crippen LogP contribution in [-0.4, -0.2) is 23.4 Å². The number of halogens is 6. The van der Waals surface area contributed by atoms with Crippen molar-refractivity contribution in [3.05, 3.63) is 78.0 Å². The molecule has 0 spiro atoms.